The quantitative estimate of drug-likeness (QED) is 0.766. The second-order valence-corrected chi connectivity index (χ2v) is 6.44. The van der Waals surface area contributed by atoms with E-state index >= 15 is 0 Å². The van der Waals surface area contributed by atoms with Gasteiger partial charge in [0.1, 0.15) is 0 Å². The van der Waals surface area contributed by atoms with E-state index in [1.807, 2.05) is 31.2 Å². The summed E-state index contributed by atoms with van der Waals surface area (Å²) in [5.74, 6) is -1.07. The maximum absolute atomic E-state index is 12.2. The molecule has 2 N–H and O–H groups in total. The number of nitrogens with one attached hydrogen (secondary N) is 2. The van der Waals surface area contributed by atoms with Crippen LogP contribution in [0.3, 0.4) is 0 Å². The predicted molar refractivity (Wildman–Crippen MR) is 106 cm³/mol. The molecule has 27 heavy (non-hydrogen) atoms. The van der Waals surface area contributed by atoms with Gasteiger partial charge < -0.3 is 15.5 Å². The summed E-state index contributed by atoms with van der Waals surface area (Å²) in [6, 6.07) is 14.0. The summed E-state index contributed by atoms with van der Waals surface area (Å²) in [7, 11) is 1.51. The molecular weight excluding hydrogens is 366 g/mol. The van der Waals surface area contributed by atoms with Crippen LogP contribution in [0.5, 0.6) is 0 Å². The molecule has 0 atom stereocenters. The van der Waals surface area contributed by atoms with Gasteiger partial charge >= 0.3 is 0 Å². The number of carbonyl (C=O) groups is 3. The largest absolute Gasteiger partial charge is 0.343 e. The van der Waals surface area contributed by atoms with Gasteiger partial charge in [0.2, 0.25) is 11.8 Å². The highest BCUT2D eigenvalue weighted by Gasteiger charge is 2.15. The van der Waals surface area contributed by atoms with Crippen LogP contribution in [0.1, 0.15) is 22.8 Å². The van der Waals surface area contributed by atoms with Gasteiger partial charge in [0, 0.05) is 23.3 Å². The maximum Gasteiger partial charge on any atom is 0.251 e. The lowest BCUT2D eigenvalue weighted by molar-refractivity contribution is -0.132. The Morgan fingerprint density at radius 2 is 1.81 bits per heavy atom. The molecule has 0 heterocycles. The molecule has 0 unspecified atom stereocenters. The molecule has 2 aromatic rings. The number of para-hydroxylation sites is 1. The van der Waals surface area contributed by atoms with Crippen molar-refractivity contribution in [3.63, 3.8) is 0 Å². The van der Waals surface area contributed by atoms with Crippen molar-refractivity contribution in [1.29, 1.82) is 0 Å². The normalized spacial score (nSPS) is 10.2. The zero-order chi connectivity index (χ0) is 19.8. The molecule has 0 radical (unpaired) electrons. The standard InChI is InChI=1S/C20H22ClN3O3/c1-3-14-7-4-5-10-17(14)23-18(25)13-24(2)19(26)12-22-20(27)15-8-6-9-16(21)11-15/h4-11H,3,12-13H2,1-2H3,(H,22,27)(H,23,25). The number of likely N-dealkylation sites (N-methyl/N-ethyl adjacent to an activating group) is 1. The summed E-state index contributed by atoms with van der Waals surface area (Å²) in [5, 5.41) is 5.78. The maximum atomic E-state index is 12.2. The van der Waals surface area contributed by atoms with Gasteiger partial charge in [-0.1, -0.05) is 42.8 Å². The van der Waals surface area contributed by atoms with E-state index in [2.05, 4.69) is 10.6 Å². The van der Waals surface area contributed by atoms with E-state index in [-0.39, 0.29) is 24.9 Å². The van der Waals surface area contributed by atoms with Crippen LogP contribution in [0.25, 0.3) is 0 Å². The third kappa shape index (κ3) is 6.11. The third-order valence-electron chi connectivity index (χ3n) is 3.97. The van der Waals surface area contributed by atoms with Crippen molar-refractivity contribution in [2.24, 2.45) is 0 Å². The Labute approximate surface area is 163 Å². The fourth-order valence-corrected chi connectivity index (χ4v) is 2.66. The van der Waals surface area contributed by atoms with Crippen LogP contribution in [0, 0.1) is 0 Å². The number of anilines is 1. The fourth-order valence-electron chi connectivity index (χ4n) is 2.47. The van der Waals surface area contributed by atoms with Crippen molar-refractivity contribution in [3.8, 4) is 0 Å². The molecule has 2 aromatic carbocycles. The molecule has 0 spiro atoms. The van der Waals surface area contributed by atoms with Crippen molar-refractivity contribution in [2.45, 2.75) is 13.3 Å². The molecule has 3 amide bonds. The number of halogens is 1. The highest BCUT2D eigenvalue weighted by molar-refractivity contribution is 6.31. The number of hydrogen-bond acceptors (Lipinski definition) is 3. The fraction of sp³-hybridized carbons (Fsp3) is 0.250. The highest BCUT2D eigenvalue weighted by Crippen LogP contribution is 2.15. The first kappa shape index (κ1) is 20.5. The molecule has 6 nitrogen and oxygen atoms in total. The SMILES string of the molecule is CCc1ccccc1NC(=O)CN(C)C(=O)CNC(=O)c1cccc(Cl)c1. The molecule has 0 bridgehead atoms. The number of nitrogens with zero attached hydrogens (tertiary/aromatic N) is 1. The minimum atomic E-state index is -0.402. The van der Waals surface area contributed by atoms with Crippen molar-refractivity contribution >= 4 is 35.0 Å². The Hall–Kier alpha value is -2.86. The molecule has 7 heteroatoms. The van der Waals surface area contributed by atoms with E-state index in [1.54, 1.807) is 18.2 Å². The molecule has 0 saturated carbocycles. The Morgan fingerprint density at radius 1 is 1.07 bits per heavy atom. The van der Waals surface area contributed by atoms with E-state index in [0.29, 0.717) is 10.6 Å². The van der Waals surface area contributed by atoms with Crippen LogP contribution >= 0.6 is 11.6 Å². The molecule has 2 rings (SSSR count). The molecular formula is C20H22ClN3O3. The second-order valence-electron chi connectivity index (χ2n) is 6.00. The molecule has 0 fully saturated rings. The van der Waals surface area contributed by atoms with Gasteiger partial charge in [-0.25, -0.2) is 0 Å². The highest BCUT2D eigenvalue weighted by atomic mass is 35.5. The monoisotopic (exact) mass is 387 g/mol. The summed E-state index contributed by atoms with van der Waals surface area (Å²) in [6.45, 7) is 1.69. The number of carbonyl (C=O) groups excluding carboxylic acids is 3. The lowest BCUT2D eigenvalue weighted by atomic mass is 10.1. The van der Waals surface area contributed by atoms with Crippen LogP contribution in [-0.4, -0.2) is 42.8 Å². The van der Waals surface area contributed by atoms with E-state index in [0.717, 1.165) is 17.7 Å². The number of aryl methyl sites for hydroxylation is 1. The predicted octanol–water partition coefficient (Wildman–Crippen LogP) is 2.73. The van der Waals surface area contributed by atoms with Gasteiger partial charge in [0.15, 0.2) is 0 Å². The van der Waals surface area contributed by atoms with Gasteiger partial charge in [0.25, 0.3) is 5.91 Å². The van der Waals surface area contributed by atoms with Gasteiger partial charge in [0.05, 0.1) is 13.1 Å². The smallest absolute Gasteiger partial charge is 0.251 e. The summed E-state index contributed by atoms with van der Waals surface area (Å²) < 4.78 is 0. The van der Waals surface area contributed by atoms with Gasteiger partial charge in [-0.2, -0.15) is 0 Å². The molecule has 0 aliphatic rings. The first-order valence-electron chi connectivity index (χ1n) is 8.56. The number of amides is 3. The van der Waals surface area contributed by atoms with Crippen molar-refractivity contribution < 1.29 is 14.4 Å². The molecule has 0 saturated heterocycles. The summed E-state index contributed by atoms with van der Waals surface area (Å²) in [5.41, 5.74) is 2.13. The molecule has 0 aromatic heterocycles. The van der Waals surface area contributed by atoms with E-state index < -0.39 is 5.91 Å². The topological polar surface area (TPSA) is 78.5 Å². The summed E-state index contributed by atoms with van der Waals surface area (Å²) >= 11 is 5.85. The van der Waals surface area contributed by atoms with Crippen LogP contribution in [0.15, 0.2) is 48.5 Å². The van der Waals surface area contributed by atoms with Crippen molar-refractivity contribution in [3.05, 3.63) is 64.7 Å². The number of benzene rings is 2. The van der Waals surface area contributed by atoms with Crippen LogP contribution in [-0.2, 0) is 16.0 Å². The van der Waals surface area contributed by atoms with Gasteiger partial charge in [-0.05, 0) is 36.2 Å². The van der Waals surface area contributed by atoms with E-state index in [1.165, 1.54) is 18.0 Å². The Morgan fingerprint density at radius 3 is 2.52 bits per heavy atom. The number of hydrogen-bond donors (Lipinski definition) is 2. The third-order valence-corrected chi connectivity index (χ3v) is 4.20. The van der Waals surface area contributed by atoms with E-state index in [4.69, 9.17) is 11.6 Å². The summed E-state index contributed by atoms with van der Waals surface area (Å²) in [6.07, 6.45) is 0.792. The number of rotatable bonds is 7. The molecule has 142 valence electrons. The molecule has 0 aliphatic carbocycles. The summed E-state index contributed by atoms with van der Waals surface area (Å²) in [4.78, 5) is 37.7. The minimum absolute atomic E-state index is 0.107. The Bertz CT molecular complexity index is 839. The van der Waals surface area contributed by atoms with Gasteiger partial charge in [-0.3, -0.25) is 14.4 Å². The molecule has 0 aliphatic heterocycles. The first-order chi connectivity index (χ1) is 12.9. The van der Waals surface area contributed by atoms with Crippen LogP contribution in [0.4, 0.5) is 5.69 Å². The minimum Gasteiger partial charge on any atom is -0.343 e. The first-order valence-corrected chi connectivity index (χ1v) is 8.94. The zero-order valence-electron chi connectivity index (χ0n) is 15.3. The van der Waals surface area contributed by atoms with Crippen molar-refractivity contribution in [2.75, 3.05) is 25.5 Å². The van der Waals surface area contributed by atoms with Gasteiger partial charge in [-0.15, -0.1) is 0 Å². The zero-order valence-corrected chi connectivity index (χ0v) is 16.0. The Balaban J connectivity index is 1.84. The lowest BCUT2D eigenvalue weighted by Crippen LogP contribution is -2.41. The average Bonchev–Trinajstić information content (AvgIpc) is 2.66. The van der Waals surface area contributed by atoms with Crippen LogP contribution < -0.4 is 10.6 Å². The van der Waals surface area contributed by atoms with Crippen molar-refractivity contribution in [1.82, 2.24) is 10.2 Å². The van der Waals surface area contributed by atoms with E-state index in [9.17, 15) is 14.4 Å². The Kier molecular flexibility index (Phi) is 7.37. The second kappa shape index (κ2) is 9.73. The average molecular weight is 388 g/mol. The lowest BCUT2D eigenvalue weighted by Gasteiger charge is -2.18. The van der Waals surface area contributed by atoms with Crippen LogP contribution in [0.2, 0.25) is 5.02 Å².